The van der Waals surface area contributed by atoms with Gasteiger partial charge in [-0.1, -0.05) is 55.5 Å². The second kappa shape index (κ2) is 6.06. The Morgan fingerprint density at radius 3 is 2.67 bits per heavy atom. The van der Waals surface area contributed by atoms with Gasteiger partial charge >= 0.3 is 0 Å². The lowest BCUT2D eigenvalue weighted by Crippen LogP contribution is -2.29. The van der Waals surface area contributed by atoms with Gasteiger partial charge in [0.1, 0.15) is 5.56 Å². The molecular formula is C22H18N4O. The Labute approximate surface area is 156 Å². The van der Waals surface area contributed by atoms with Gasteiger partial charge in [0, 0.05) is 29.9 Å². The number of anilines is 1. The molecule has 1 atom stereocenters. The van der Waals surface area contributed by atoms with Crippen molar-refractivity contribution in [3.8, 4) is 11.3 Å². The number of amides is 1. The first-order chi connectivity index (χ1) is 13.2. The summed E-state index contributed by atoms with van der Waals surface area (Å²) < 4.78 is 1.74. The molecule has 1 amide bonds. The van der Waals surface area contributed by atoms with Crippen LogP contribution in [0.4, 0.5) is 5.69 Å². The summed E-state index contributed by atoms with van der Waals surface area (Å²) in [6.07, 6.45) is 3.36. The van der Waals surface area contributed by atoms with Crippen LogP contribution in [0.2, 0.25) is 0 Å². The zero-order valence-corrected chi connectivity index (χ0v) is 14.9. The van der Waals surface area contributed by atoms with Crippen molar-refractivity contribution in [2.24, 2.45) is 0 Å². The molecule has 5 nitrogen and oxygen atoms in total. The van der Waals surface area contributed by atoms with Crippen LogP contribution in [0, 0.1) is 0 Å². The topological polar surface area (TPSA) is 50.5 Å². The van der Waals surface area contributed by atoms with E-state index in [0.717, 1.165) is 16.9 Å². The molecule has 5 heteroatoms. The summed E-state index contributed by atoms with van der Waals surface area (Å²) in [7, 11) is 0. The Balaban J connectivity index is 1.60. The minimum absolute atomic E-state index is 0.0560. The first-order valence-electron chi connectivity index (χ1n) is 9.03. The van der Waals surface area contributed by atoms with Crippen LogP contribution in [0.3, 0.4) is 0 Å². The van der Waals surface area contributed by atoms with E-state index in [4.69, 9.17) is 0 Å². The van der Waals surface area contributed by atoms with E-state index >= 15 is 0 Å². The van der Waals surface area contributed by atoms with E-state index in [1.54, 1.807) is 16.9 Å². The first-order valence-corrected chi connectivity index (χ1v) is 9.03. The lowest BCUT2D eigenvalue weighted by Gasteiger charge is -2.16. The Hall–Kier alpha value is -3.47. The molecule has 1 aliphatic rings. The third kappa shape index (κ3) is 2.43. The quantitative estimate of drug-likeness (QED) is 0.543. The maximum Gasteiger partial charge on any atom is 0.263 e. The van der Waals surface area contributed by atoms with Crippen molar-refractivity contribution in [3.63, 3.8) is 0 Å². The molecule has 1 aliphatic heterocycles. The van der Waals surface area contributed by atoms with Crippen molar-refractivity contribution >= 4 is 17.2 Å². The lowest BCUT2D eigenvalue weighted by molar-refractivity contribution is 0.0989. The molecule has 2 aromatic heterocycles. The molecule has 4 aromatic rings. The molecule has 0 N–H and O–H groups in total. The van der Waals surface area contributed by atoms with Gasteiger partial charge in [-0.2, -0.15) is 5.10 Å². The number of rotatable bonds is 2. The molecule has 0 bridgehead atoms. The van der Waals surface area contributed by atoms with E-state index in [1.807, 2.05) is 59.5 Å². The molecule has 1 unspecified atom stereocenters. The normalized spacial score (nSPS) is 15.9. The number of aromatic nitrogens is 3. The van der Waals surface area contributed by atoms with Gasteiger partial charge in [0.05, 0.1) is 11.9 Å². The highest BCUT2D eigenvalue weighted by Crippen LogP contribution is 2.36. The fourth-order valence-electron chi connectivity index (χ4n) is 3.83. The smallest absolute Gasteiger partial charge is 0.263 e. The van der Waals surface area contributed by atoms with Gasteiger partial charge < -0.3 is 4.90 Å². The number of hydrogen-bond donors (Lipinski definition) is 0. The highest BCUT2D eigenvalue weighted by atomic mass is 16.2. The van der Waals surface area contributed by atoms with E-state index in [9.17, 15) is 4.79 Å². The third-order valence-corrected chi connectivity index (χ3v) is 5.16. The third-order valence-electron chi connectivity index (χ3n) is 5.16. The average molecular weight is 354 g/mol. The molecule has 0 spiro atoms. The number of para-hydroxylation sites is 1. The molecule has 0 saturated heterocycles. The summed E-state index contributed by atoms with van der Waals surface area (Å²) in [5.41, 5.74) is 5.24. The first kappa shape index (κ1) is 15.8. The maximum atomic E-state index is 13.3. The van der Waals surface area contributed by atoms with Gasteiger partial charge in [-0.05, 0) is 17.7 Å². The fraction of sp³-hybridized carbons (Fsp3) is 0.136. The number of fused-ring (bicyclic) bond motifs is 2. The van der Waals surface area contributed by atoms with Gasteiger partial charge in [0.25, 0.3) is 5.91 Å². The van der Waals surface area contributed by atoms with E-state index in [0.29, 0.717) is 23.7 Å². The summed E-state index contributed by atoms with van der Waals surface area (Å²) >= 11 is 0. The van der Waals surface area contributed by atoms with Crippen molar-refractivity contribution in [1.29, 1.82) is 0 Å². The monoisotopic (exact) mass is 354 g/mol. The average Bonchev–Trinajstić information content (AvgIpc) is 3.30. The van der Waals surface area contributed by atoms with E-state index in [2.05, 4.69) is 23.1 Å². The van der Waals surface area contributed by atoms with Crippen molar-refractivity contribution in [2.45, 2.75) is 12.8 Å². The van der Waals surface area contributed by atoms with Crippen LogP contribution in [-0.4, -0.2) is 27.0 Å². The van der Waals surface area contributed by atoms with Gasteiger partial charge in [-0.15, -0.1) is 0 Å². The summed E-state index contributed by atoms with van der Waals surface area (Å²) in [5.74, 6) is 0.263. The largest absolute Gasteiger partial charge is 0.307 e. The van der Waals surface area contributed by atoms with Gasteiger partial charge in [-0.3, -0.25) is 4.79 Å². The molecule has 0 saturated carbocycles. The molecule has 2 aromatic carbocycles. The molecule has 27 heavy (non-hydrogen) atoms. The minimum atomic E-state index is -0.0560. The second-order valence-electron chi connectivity index (χ2n) is 6.87. The summed E-state index contributed by atoms with van der Waals surface area (Å²) in [6, 6.07) is 20.0. The molecular weight excluding hydrogens is 336 g/mol. The van der Waals surface area contributed by atoms with Crippen LogP contribution in [0.15, 0.2) is 73.1 Å². The maximum absolute atomic E-state index is 13.3. The zero-order valence-electron chi connectivity index (χ0n) is 14.9. The predicted octanol–water partition coefficient (Wildman–Crippen LogP) is 4.16. The van der Waals surface area contributed by atoms with Crippen LogP contribution in [0.5, 0.6) is 0 Å². The highest BCUT2D eigenvalue weighted by Gasteiger charge is 2.31. The SMILES string of the molecule is CC1CN(C(=O)c2cnn3c(-c4ccccc4)ccnc23)c2ccccc21. The summed E-state index contributed by atoms with van der Waals surface area (Å²) in [4.78, 5) is 19.6. The van der Waals surface area contributed by atoms with Crippen molar-refractivity contribution in [3.05, 3.63) is 84.2 Å². The standard InChI is InChI=1S/C22H18N4O/c1-15-14-25(20-10-6-5-9-17(15)20)22(27)18-13-24-26-19(11-12-23-21(18)26)16-7-3-2-4-8-16/h2-13,15H,14H2,1H3. The molecule has 0 fully saturated rings. The number of benzene rings is 2. The van der Waals surface area contributed by atoms with E-state index in [1.165, 1.54) is 5.56 Å². The van der Waals surface area contributed by atoms with Crippen LogP contribution in [-0.2, 0) is 0 Å². The second-order valence-corrected chi connectivity index (χ2v) is 6.87. The summed E-state index contributed by atoms with van der Waals surface area (Å²) in [5, 5.41) is 4.47. The highest BCUT2D eigenvalue weighted by molar-refractivity contribution is 6.11. The summed E-state index contributed by atoms with van der Waals surface area (Å²) in [6.45, 7) is 2.82. The van der Waals surface area contributed by atoms with Gasteiger partial charge in [0.15, 0.2) is 5.65 Å². The number of hydrogen-bond acceptors (Lipinski definition) is 3. The number of carbonyl (C=O) groups excluding carboxylic acids is 1. The van der Waals surface area contributed by atoms with Crippen LogP contribution >= 0.6 is 0 Å². The van der Waals surface area contributed by atoms with E-state index < -0.39 is 0 Å². The molecule has 5 rings (SSSR count). The van der Waals surface area contributed by atoms with Gasteiger partial charge in [0.2, 0.25) is 0 Å². The number of carbonyl (C=O) groups is 1. The predicted molar refractivity (Wildman–Crippen MR) is 105 cm³/mol. The fourth-order valence-corrected chi connectivity index (χ4v) is 3.83. The van der Waals surface area contributed by atoms with Gasteiger partial charge in [-0.25, -0.2) is 9.50 Å². The Morgan fingerprint density at radius 1 is 1.04 bits per heavy atom. The number of nitrogens with zero attached hydrogens (tertiary/aromatic N) is 4. The molecule has 132 valence electrons. The zero-order chi connectivity index (χ0) is 18.4. The van der Waals surface area contributed by atoms with Crippen LogP contribution in [0.1, 0.15) is 28.8 Å². The lowest BCUT2D eigenvalue weighted by atomic mass is 10.0. The molecule has 0 aliphatic carbocycles. The Bertz CT molecular complexity index is 1150. The van der Waals surface area contributed by atoms with Crippen LogP contribution in [0.25, 0.3) is 16.9 Å². The van der Waals surface area contributed by atoms with Crippen molar-refractivity contribution < 1.29 is 4.79 Å². The Morgan fingerprint density at radius 2 is 1.81 bits per heavy atom. The molecule has 3 heterocycles. The molecule has 0 radical (unpaired) electrons. The van der Waals surface area contributed by atoms with Crippen LogP contribution < -0.4 is 4.90 Å². The minimum Gasteiger partial charge on any atom is -0.307 e. The van der Waals surface area contributed by atoms with E-state index in [-0.39, 0.29) is 5.91 Å². The van der Waals surface area contributed by atoms with Crippen molar-refractivity contribution in [2.75, 3.05) is 11.4 Å². The Kier molecular flexibility index (Phi) is 3.53. The van der Waals surface area contributed by atoms with Crippen molar-refractivity contribution in [1.82, 2.24) is 14.6 Å².